The molecule has 0 saturated carbocycles. The van der Waals surface area contributed by atoms with E-state index in [1.165, 1.54) is 87.4 Å². The van der Waals surface area contributed by atoms with Crippen molar-refractivity contribution in [2.24, 2.45) is 9.98 Å². The molecule has 0 spiro atoms. The number of hydrogen-bond acceptors (Lipinski definition) is 4. The number of unbranched alkanes of at least 4 members (excludes halogenated alkanes) is 9. The Balaban J connectivity index is 1.39. The second-order valence-corrected chi connectivity index (χ2v) is 8.01. The Labute approximate surface area is 189 Å². The lowest BCUT2D eigenvalue weighted by atomic mass is 10.1. The van der Waals surface area contributed by atoms with E-state index >= 15 is 0 Å². The molecule has 4 nitrogen and oxygen atoms in total. The van der Waals surface area contributed by atoms with Crippen LogP contribution in [-0.2, 0) is 0 Å². The first-order valence-corrected chi connectivity index (χ1v) is 11.5. The number of nitrogens with zero attached hydrogens (tertiary/aromatic N) is 2. The van der Waals surface area contributed by atoms with Crippen LogP contribution in [0.2, 0.25) is 0 Å². The van der Waals surface area contributed by atoms with Gasteiger partial charge in [0.25, 0.3) is 0 Å². The largest absolute Gasteiger partial charge is 0.507 e. The molecule has 0 unspecified atom stereocenters. The fourth-order valence-corrected chi connectivity index (χ4v) is 3.40. The van der Waals surface area contributed by atoms with Gasteiger partial charge in [-0.1, -0.05) is 51.4 Å². The molecular formula is C26H34F2N2O2. The molecule has 6 heteroatoms. The van der Waals surface area contributed by atoms with Crippen molar-refractivity contribution < 1.29 is 19.0 Å². The molecule has 0 aliphatic heterocycles. The van der Waals surface area contributed by atoms with E-state index in [2.05, 4.69) is 9.98 Å². The molecular weight excluding hydrogens is 410 g/mol. The zero-order chi connectivity index (χ0) is 23.0. The number of benzene rings is 2. The van der Waals surface area contributed by atoms with Crippen molar-refractivity contribution in [2.45, 2.75) is 64.2 Å². The summed E-state index contributed by atoms with van der Waals surface area (Å²) in [7, 11) is 0. The average Bonchev–Trinajstić information content (AvgIpc) is 2.78. The molecule has 0 aliphatic carbocycles. The van der Waals surface area contributed by atoms with Gasteiger partial charge in [0, 0.05) is 36.6 Å². The Morgan fingerprint density at radius 1 is 0.562 bits per heavy atom. The van der Waals surface area contributed by atoms with Crippen LogP contribution in [-0.4, -0.2) is 35.7 Å². The van der Waals surface area contributed by atoms with Gasteiger partial charge in [-0.25, -0.2) is 8.78 Å². The van der Waals surface area contributed by atoms with Crippen molar-refractivity contribution in [1.82, 2.24) is 0 Å². The van der Waals surface area contributed by atoms with Gasteiger partial charge in [0.15, 0.2) is 0 Å². The van der Waals surface area contributed by atoms with E-state index in [1.807, 2.05) is 0 Å². The lowest BCUT2D eigenvalue weighted by Crippen LogP contribution is -1.89. The first-order chi connectivity index (χ1) is 15.6. The smallest absolute Gasteiger partial charge is 0.124 e. The highest BCUT2D eigenvalue weighted by Crippen LogP contribution is 2.17. The van der Waals surface area contributed by atoms with E-state index in [4.69, 9.17) is 0 Å². The van der Waals surface area contributed by atoms with E-state index in [0.717, 1.165) is 25.7 Å². The quantitative estimate of drug-likeness (QED) is 0.234. The molecule has 2 rings (SSSR count). The van der Waals surface area contributed by atoms with Crippen molar-refractivity contribution in [1.29, 1.82) is 0 Å². The normalized spacial score (nSPS) is 11.7. The number of halogens is 2. The van der Waals surface area contributed by atoms with Gasteiger partial charge >= 0.3 is 0 Å². The zero-order valence-corrected chi connectivity index (χ0v) is 18.6. The van der Waals surface area contributed by atoms with Gasteiger partial charge in [-0.3, -0.25) is 9.98 Å². The van der Waals surface area contributed by atoms with Crippen LogP contribution in [0.4, 0.5) is 8.78 Å². The predicted molar refractivity (Wildman–Crippen MR) is 127 cm³/mol. The molecule has 0 radical (unpaired) electrons. The number of aromatic hydroxyl groups is 2. The van der Waals surface area contributed by atoms with Crippen LogP contribution < -0.4 is 0 Å². The zero-order valence-electron chi connectivity index (χ0n) is 18.6. The number of rotatable bonds is 15. The predicted octanol–water partition coefficient (Wildman–Crippen LogP) is 6.82. The van der Waals surface area contributed by atoms with Crippen molar-refractivity contribution in [3.8, 4) is 11.5 Å². The molecule has 32 heavy (non-hydrogen) atoms. The molecule has 0 bridgehead atoms. The minimum Gasteiger partial charge on any atom is -0.507 e. The Hall–Kier alpha value is -2.76. The highest BCUT2D eigenvalue weighted by Gasteiger charge is 2.00. The Morgan fingerprint density at radius 2 is 0.906 bits per heavy atom. The van der Waals surface area contributed by atoms with Gasteiger partial charge in [-0.15, -0.1) is 0 Å². The van der Waals surface area contributed by atoms with E-state index in [9.17, 15) is 19.0 Å². The van der Waals surface area contributed by atoms with Gasteiger partial charge in [0.2, 0.25) is 0 Å². The monoisotopic (exact) mass is 444 g/mol. The van der Waals surface area contributed by atoms with E-state index in [0.29, 0.717) is 24.2 Å². The lowest BCUT2D eigenvalue weighted by Gasteiger charge is -2.02. The first-order valence-electron chi connectivity index (χ1n) is 11.5. The van der Waals surface area contributed by atoms with Crippen LogP contribution in [0, 0.1) is 11.6 Å². The second kappa shape index (κ2) is 15.1. The van der Waals surface area contributed by atoms with Crippen LogP contribution in [0.5, 0.6) is 11.5 Å². The number of hydrogen-bond donors (Lipinski definition) is 2. The average molecular weight is 445 g/mol. The first kappa shape index (κ1) is 25.5. The van der Waals surface area contributed by atoms with Gasteiger partial charge in [-0.2, -0.15) is 0 Å². The Kier molecular flexibility index (Phi) is 12.0. The van der Waals surface area contributed by atoms with Crippen LogP contribution in [0.25, 0.3) is 0 Å². The van der Waals surface area contributed by atoms with Crippen molar-refractivity contribution in [3.05, 3.63) is 59.2 Å². The summed E-state index contributed by atoms with van der Waals surface area (Å²) in [5, 5.41) is 19.3. The molecule has 174 valence electrons. The van der Waals surface area contributed by atoms with Crippen LogP contribution >= 0.6 is 0 Å². The summed E-state index contributed by atoms with van der Waals surface area (Å²) in [6.07, 6.45) is 14.7. The summed E-state index contributed by atoms with van der Waals surface area (Å²) in [4.78, 5) is 8.53. The lowest BCUT2D eigenvalue weighted by molar-refractivity contribution is 0.471. The third kappa shape index (κ3) is 10.5. The summed E-state index contributed by atoms with van der Waals surface area (Å²) in [5.74, 6) is -0.654. The number of phenolic OH excluding ortho intramolecular Hbond substituents is 2. The highest BCUT2D eigenvalue weighted by atomic mass is 19.1. The summed E-state index contributed by atoms with van der Waals surface area (Å²) < 4.78 is 26.3. The minimum absolute atomic E-state index is 0.0482. The number of phenols is 2. The molecule has 0 aliphatic rings. The summed E-state index contributed by atoms with van der Waals surface area (Å²) in [5.41, 5.74) is 0.838. The summed E-state index contributed by atoms with van der Waals surface area (Å²) in [6, 6.07) is 7.70. The van der Waals surface area contributed by atoms with Gasteiger partial charge < -0.3 is 10.2 Å². The maximum absolute atomic E-state index is 13.1. The molecule has 2 aromatic carbocycles. The van der Waals surface area contributed by atoms with Crippen molar-refractivity contribution in [2.75, 3.05) is 13.1 Å². The summed E-state index contributed by atoms with van der Waals surface area (Å²) in [6.45, 7) is 1.38. The van der Waals surface area contributed by atoms with E-state index < -0.39 is 0 Å². The van der Waals surface area contributed by atoms with Crippen molar-refractivity contribution >= 4 is 12.4 Å². The molecule has 0 amide bonds. The maximum atomic E-state index is 13.1. The Morgan fingerprint density at radius 3 is 1.28 bits per heavy atom. The SMILES string of the molecule is Oc1ccc(F)cc1/C=N/CCCCCCCCCCCC/N=C/c1cc(F)ccc1O. The second-order valence-electron chi connectivity index (χ2n) is 8.01. The molecule has 0 saturated heterocycles. The molecule has 2 aromatic rings. The standard InChI is InChI=1S/C26H34F2N2O2/c27-23-11-13-25(31)21(17-23)19-29-15-9-7-5-3-1-2-4-6-8-10-16-30-20-22-18-24(28)12-14-26(22)32/h11-14,17-20,31-32H,1-10,15-16H2/b29-19+,30-20+. The third-order valence-electron chi connectivity index (χ3n) is 5.26. The Bertz CT molecular complexity index is 797. The van der Waals surface area contributed by atoms with Crippen LogP contribution in [0.3, 0.4) is 0 Å². The topological polar surface area (TPSA) is 65.2 Å². The molecule has 0 aromatic heterocycles. The van der Waals surface area contributed by atoms with Gasteiger partial charge in [-0.05, 0) is 49.2 Å². The fourth-order valence-electron chi connectivity index (χ4n) is 3.40. The molecule has 2 N–H and O–H groups in total. The van der Waals surface area contributed by atoms with E-state index in [-0.39, 0.29) is 23.1 Å². The van der Waals surface area contributed by atoms with Crippen LogP contribution in [0.1, 0.15) is 75.3 Å². The molecule has 0 heterocycles. The fraction of sp³-hybridized carbons (Fsp3) is 0.462. The van der Waals surface area contributed by atoms with Gasteiger partial charge in [0.1, 0.15) is 23.1 Å². The van der Waals surface area contributed by atoms with Crippen LogP contribution in [0.15, 0.2) is 46.4 Å². The van der Waals surface area contributed by atoms with Gasteiger partial charge in [0.05, 0.1) is 0 Å². The van der Waals surface area contributed by atoms with E-state index in [1.54, 1.807) is 0 Å². The highest BCUT2D eigenvalue weighted by molar-refractivity contribution is 5.83. The third-order valence-corrected chi connectivity index (χ3v) is 5.26. The van der Waals surface area contributed by atoms with Crippen molar-refractivity contribution in [3.63, 3.8) is 0 Å². The molecule has 0 fully saturated rings. The molecule has 0 atom stereocenters. The number of aliphatic imine (C=N–C) groups is 2. The minimum atomic E-state index is -0.375. The summed E-state index contributed by atoms with van der Waals surface area (Å²) >= 11 is 0. The maximum Gasteiger partial charge on any atom is 0.124 e.